The van der Waals surface area contributed by atoms with Gasteiger partial charge >= 0.3 is 0 Å². The van der Waals surface area contributed by atoms with Gasteiger partial charge in [-0.15, -0.1) is 5.10 Å². The van der Waals surface area contributed by atoms with Crippen LogP contribution in [0.15, 0.2) is 49.1 Å². The van der Waals surface area contributed by atoms with Crippen molar-refractivity contribution in [1.82, 2.24) is 50.1 Å². The van der Waals surface area contributed by atoms with Gasteiger partial charge in [0.05, 0.1) is 47.9 Å². The van der Waals surface area contributed by atoms with E-state index in [9.17, 15) is 14.0 Å². The molecule has 14 nitrogen and oxygen atoms in total. The summed E-state index contributed by atoms with van der Waals surface area (Å²) in [7, 11) is 1.58. The van der Waals surface area contributed by atoms with Crippen molar-refractivity contribution in [3.8, 4) is 17.3 Å². The van der Waals surface area contributed by atoms with Crippen LogP contribution in [0.5, 0.6) is 5.75 Å². The molecule has 6 rings (SSSR count). The van der Waals surface area contributed by atoms with E-state index in [0.717, 1.165) is 11.9 Å². The SMILES string of the molecule is COc1cccc(-n2nnnc2N2CCN(C(=O)C(=O)c3c[nH]c4c(-n5ccnn5)ncc(F)c34)CC2)c1. The van der Waals surface area contributed by atoms with Gasteiger partial charge in [0.2, 0.25) is 5.95 Å². The average Bonchev–Trinajstić information content (AvgIpc) is 3.74. The third kappa shape index (κ3) is 3.89. The molecule has 1 aliphatic rings. The molecule has 38 heavy (non-hydrogen) atoms. The molecule has 5 aromatic rings. The molecule has 15 heteroatoms. The van der Waals surface area contributed by atoms with Gasteiger partial charge in [-0.25, -0.2) is 14.1 Å². The predicted molar refractivity (Wildman–Crippen MR) is 130 cm³/mol. The molecule has 5 heterocycles. The first-order valence-electron chi connectivity index (χ1n) is 11.6. The first-order valence-corrected chi connectivity index (χ1v) is 11.6. The number of halogens is 1. The predicted octanol–water partition coefficient (Wildman–Crippen LogP) is 0.798. The fraction of sp³-hybridized carbons (Fsp3) is 0.217. The number of carbonyl (C=O) groups excluding carboxylic acids is 2. The number of aromatic amines is 1. The highest BCUT2D eigenvalue weighted by molar-refractivity contribution is 6.45. The first-order chi connectivity index (χ1) is 18.5. The molecule has 192 valence electrons. The van der Waals surface area contributed by atoms with Gasteiger partial charge in [-0.1, -0.05) is 16.4 Å². The van der Waals surface area contributed by atoms with Gasteiger partial charge in [-0.05, 0) is 22.6 Å². The highest BCUT2D eigenvalue weighted by Gasteiger charge is 2.31. The Morgan fingerprint density at radius 3 is 2.74 bits per heavy atom. The van der Waals surface area contributed by atoms with Gasteiger partial charge in [-0.3, -0.25) is 9.59 Å². The number of amides is 1. The van der Waals surface area contributed by atoms with Crippen LogP contribution in [0.25, 0.3) is 22.4 Å². The van der Waals surface area contributed by atoms with Crippen molar-refractivity contribution >= 4 is 28.5 Å². The van der Waals surface area contributed by atoms with Crippen LogP contribution in [0.1, 0.15) is 10.4 Å². The van der Waals surface area contributed by atoms with E-state index in [1.165, 1.54) is 28.2 Å². The van der Waals surface area contributed by atoms with Gasteiger partial charge in [-0.2, -0.15) is 4.68 Å². The van der Waals surface area contributed by atoms with Gasteiger partial charge in [0.25, 0.3) is 11.7 Å². The molecule has 4 aromatic heterocycles. The number of pyridine rings is 1. The number of carbonyl (C=O) groups is 2. The zero-order valence-corrected chi connectivity index (χ0v) is 20.0. The summed E-state index contributed by atoms with van der Waals surface area (Å²) in [6, 6.07) is 7.31. The Balaban J connectivity index is 1.19. The molecule has 1 amide bonds. The van der Waals surface area contributed by atoms with Gasteiger partial charge in [0.1, 0.15) is 5.75 Å². The lowest BCUT2D eigenvalue weighted by Crippen LogP contribution is -2.51. The smallest absolute Gasteiger partial charge is 0.295 e. The highest BCUT2D eigenvalue weighted by atomic mass is 19.1. The third-order valence-electron chi connectivity index (χ3n) is 6.32. The molecule has 1 fully saturated rings. The van der Waals surface area contributed by atoms with Crippen LogP contribution >= 0.6 is 0 Å². The molecule has 0 bridgehead atoms. The number of fused-ring (bicyclic) bond motifs is 1. The van der Waals surface area contributed by atoms with Crippen molar-refractivity contribution in [3.63, 3.8) is 0 Å². The van der Waals surface area contributed by atoms with E-state index in [4.69, 9.17) is 4.74 Å². The van der Waals surface area contributed by atoms with E-state index in [2.05, 4.69) is 35.8 Å². The average molecular weight is 517 g/mol. The highest BCUT2D eigenvalue weighted by Crippen LogP contribution is 2.26. The summed E-state index contributed by atoms with van der Waals surface area (Å²) in [5.74, 6) is -0.848. The van der Waals surface area contributed by atoms with Crippen molar-refractivity contribution in [1.29, 1.82) is 0 Å². The van der Waals surface area contributed by atoms with Gasteiger partial charge in [0, 0.05) is 38.4 Å². The van der Waals surface area contributed by atoms with Crippen LogP contribution in [0.2, 0.25) is 0 Å². The number of Topliss-reactive ketones (excluding diaryl/α,β-unsaturated/α-hetero) is 1. The second-order valence-corrected chi connectivity index (χ2v) is 8.43. The molecule has 0 saturated carbocycles. The van der Waals surface area contributed by atoms with Crippen LogP contribution in [0.3, 0.4) is 0 Å². The second-order valence-electron chi connectivity index (χ2n) is 8.43. The number of ether oxygens (including phenoxy) is 1. The van der Waals surface area contributed by atoms with Crippen molar-refractivity contribution in [2.45, 2.75) is 0 Å². The number of nitrogens with one attached hydrogen (secondary N) is 1. The number of hydrogen-bond acceptors (Lipinski definition) is 10. The lowest BCUT2D eigenvalue weighted by atomic mass is 10.1. The van der Waals surface area contributed by atoms with E-state index >= 15 is 0 Å². The molecule has 1 aromatic carbocycles. The number of methoxy groups -OCH3 is 1. The van der Waals surface area contributed by atoms with Crippen molar-refractivity contribution in [2.24, 2.45) is 0 Å². The van der Waals surface area contributed by atoms with E-state index < -0.39 is 17.5 Å². The molecule has 1 saturated heterocycles. The summed E-state index contributed by atoms with van der Waals surface area (Å²) < 4.78 is 23.0. The maximum atomic E-state index is 14.8. The Kier molecular flexibility index (Phi) is 5.71. The monoisotopic (exact) mass is 517 g/mol. The number of benzene rings is 1. The van der Waals surface area contributed by atoms with E-state index in [1.54, 1.807) is 11.8 Å². The summed E-state index contributed by atoms with van der Waals surface area (Å²) >= 11 is 0. The minimum Gasteiger partial charge on any atom is -0.497 e. The third-order valence-corrected chi connectivity index (χ3v) is 6.32. The Bertz CT molecular complexity index is 1640. The summed E-state index contributed by atoms with van der Waals surface area (Å²) in [5, 5.41) is 19.6. The Morgan fingerprint density at radius 2 is 1.97 bits per heavy atom. The maximum Gasteiger partial charge on any atom is 0.295 e. The number of ketones is 1. The minimum absolute atomic E-state index is 0.0278. The number of rotatable bonds is 6. The van der Waals surface area contributed by atoms with Crippen LogP contribution in [0.4, 0.5) is 10.3 Å². The van der Waals surface area contributed by atoms with Crippen LogP contribution in [0, 0.1) is 5.82 Å². The van der Waals surface area contributed by atoms with E-state index in [-0.39, 0.29) is 35.4 Å². The van der Waals surface area contributed by atoms with Gasteiger partial charge < -0.3 is 19.5 Å². The summed E-state index contributed by atoms with van der Waals surface area (Å²) in [5.41, 5.74) is 0.885. The van der Waals surface area contributed by atoms with Crippen molar-refractivity contribution in [3.05, 3.63) is 60.4 Å². The zero-order chi connectivity index (χ0) is 26.2. The molecule has 0 spiro atoms. The molecule has 0 unspecified atom stereocenters. The topological polar surface area (TPSA) is 153 Å². The molecular formula is C23H20FN11O3. The normalized spacial score (nSPS) is 13.7. The molecule has 1 aliphatic heterocycles. The number of hydrogen-bond donors (Lipinski definition) is 1. The summed E-state index contributed by atoms with van der Waals surface area (Å²) in [6.07, 6.45) is 5.29. The lowest BCUT2D eigenvalue weighted by Gasteiger charge is -2.34. The molecule has 0 radical (unpaired) electrons. The van der Waals surface area contributed by atoms with Crippen LogP contribution < -0.4 is 9.64 Å². The number of H-pyrrole nitrogens is 1. The maximum absolute atomic E-state index is 14.8. The number of anilines is 1. The Morgan fingerprint density at radius 1 is 1.13 bits per heavy atom. The quantitative estimate of drug-likeness (QED) is 0.253. The zero-order valence-electron chi connectivity index (χ0n) is 20.0. The molecule has 0 aliphatic carbocycles. The largest absolute Gasteiger partial charge is 0.497 e. The minimum atomic E-state index is -0.819. The van der Waals surface area contributed by atoms with Crippen molar-refractivity contribution < 1.29 is 18.7 Å². The molecular weight excluding hydrogens is 497 g/mol. The summed E-state index contributed by atoms with van der Waals surface area (Å²) in [6.45, 7) is 1.30. The molecule has 0 atom stereocenters. The fourth-order valence-electron chi connectivity index (χ4n) is 4.43. The number of tetrazole rings is 1. The Labute approximate surface area is 213 Å². The molecule has 1 N–H and O–H groups in total. The first kappa shape index (κ1) is 23.2. The summed E-state index contributed by atoms with van der Waals surface area (Å²) in [4.78, 5) is 36.6. The number of aromatic nitrogens is 9. The number of nitrogens with zero attached hydrogens (tertiary/aromatic N) is 10. The van der Waals surface area contributed by atoms with Crippen molar-refractivity contribution in [2.75, 3.05) is 38.2 Å². The van der Waals surface area contributed by atoms with Crippen LogP contribution in [-0.2, 0) is 4.79 Å². The van der Waals surface area contributed by atoms with Gasteiger partial charge in [0.15, 0.2) is 11.6 Å². The van der Waals surface area contributed by atoms with E-state index in [0.29, 0.717) is 24.8 Å². The van der Waals surface area contributed by atoms with Crippen LogP contribution in [-0.4, -0.2) is 95.0 Å². The standard InChI is InChI=1S/C23H20FN11O3/c1-38-15-4-2-3-14(11-15)35-23(28-29-31-35)33-9-7-32(8-10-33)22(37)20(36)16-12-25-19-18(16)17(24)13-26-21(19)34-6-5-27-30-34/h2-6,11-13,25H,7-10H2,1H3. The lowest BCUT2D eigenvalue weighted by molar-refractivity contribution is -0.126. The second kappa shape index (κ2) is 9.34. The van der Waals surface area contributed by atoms with E-state index in [1.807, 2.05) is 29.2 Å². The number of piperazine rings is 1. The fourth-order valence-corrected chi connectivity index (χ4v) is 4.43. The Hall–Kier alpha value is -5.21.